The highest BCUT2D eigenvalue weighted by atomic mass is 32.1. The third kappa shape index (κ3) is 2.17. The van der Waals surface area contributed by atoms with Crippen molar-refractivity contribution in [3.8, 4) is 0 Å². The molecule has 3 aromatic heterocycles. The van der Waals surface area contributed by atoms with E-state index < -0.39 is 0 Å². The number of thiazole rings is 1. The lowest BCUT2D eigenvalue weighted by Crippen LogP contribution is -2.36. The number of aromatic nitrogens is 4. The van der Waals surface area contributed by atoms with E-state index in [9.17, 15) is 0 Å². The average molecular weight is 321 g/mol. The molecule has 0 atom stereocenters. The molecule has 0 aliphatic heterocycles. The van der Waals surface area contributed by atoms with Crippen molar-refractivity contribution in [3.63, 3.8) is 0 Å². The summed E-state index contributed by atoms with van der Waals surface area (Å²) in [5.74, 6) is 0. The third-order valence-corrected chi connectivity index (χ3v) is 5.43. The third-order valence-electron chi connectivity index (χ3n) is 4.46. The minimum Gasteiger partial charge on any atom is -0.359 e. The number of nitrogens with one attached hydrogen (secondary N) is 1. The fourth-order valence-corrected chi connectivity index (χ4v) is 4.12. The standard InChI is InChI=1S/C17H15N5S/c1-2-6-15-13(4-1)21-17(23-15)20-11-8-12(9-11)22-10-19-14-5-3-7-18-16(14)22/h1-7,10-12H,8-9H2,(H,20,21)/t11-,12-. The zero-order valence-electron chi connectivity index (χ0n) is 12.4. The van der Waals surface area contributed by atoms with E-state index in [1.807, 2.05) is 30.7 Å². The largest absolute Gasteiger partial charge is 0.359 e. The van der Waals surface area contributed by atoms with Gasteiger partial charge in [0.25, 0.3) is 0 Å². The fraction of sp³-hybridized carbons (Fsp3) is 0.235. The second-order valence-corrected chi connectivity index (χ2v) is 6.98. The molecule has 5 rings (SSSR count). The molecule has 0 radical (unpaired) electrons. The van der Waals surface area contributed by atoms with Crippen LogP contribution in [-0.2, 0) is 0 Å². The summed E-state index contributed by atoms with van der Waals surface area (Å²) in [5.41, 5.74) is 3.02. The Morgan fingerprint density at radius 1 is 1.04 bits per heavy atom. The number of anilines is 1. The molecule has 1 N–H and O–H groups in total. The van der Waals surface area contributed by atoms with E-state index in [1.54, 1.807) is 11.3 Å². The Kier molecular flexibility index (Phi) is 2.84. The molecule has 23 heavy (non-hydrogen) atoms. The molecular formula is C17H15N5S. The SMILES string of the molecule is c1ccc2sc(N[C@H]3C[C@H](n4cnc5cccnc54)C3)nc2c1. The number of fused-ring (bicyclic) bond motifs is 2. The molecule has 0 unspecified atom stereocenters. The topological polar surface area (TPSA) is 55.6 Å². The van der Waals surface area contributed by atoms with Gasteiger partial charge in [-0.2, -0.15) is 0 Å². The number of imidazole rings is 1. The summed E-state index contributed by atoms with van der Waals surface area (Å²) in [7, 11) is 0. The van der Waals surface area contributed by atoms with Crippen LogP contribution in [0.2, 0.25) is 0 Å². The van der Waals surface area contributed by atoms with Gasteiger partial charge in [-0.1, -0.05) is 23.5 Å². The van der Waals surface area contributed by atoms with Gasteiger partial charge in [0, 0.05) is 18.3 Å². The molecule has 4 aromatic rings. The first-order valence-corrected chi connectivity index (χ1v) is 8.58. The van der Waals surface area contributed by atoms with Crippen molar-refractivity contribution in [3.05, 3.63) is 48.9 Å². The van der Waals surface area contributed by atoms with Gasteiger partial charge in [-0.05, 0) is 37.1 Å². The maximum atomic E-state index is 4.65. The van der Waals surface area contributed by atoms with Gasteiger partial charge in [0.2, 0.25) is 0 Å². The molecule has 1 fully saturated rings. The van der Waals surface area contributed by atoms with Gasteiger partial charge in [0.15, 0.2) is 10.8 Å². The summed E-state index contributed by atoms with van der Waals surface area (Å²) >= 11 is 1.72. The lowest BCUT2D eigenvalue weighted by molar-refractivity contribution is 0.287. The zero-order valence-corrected chi connectivity index (χ0v) is 13.2. The molecule has 0 amide bonds. The predicted octanol–water partition coefficient (Wildman–Crippen LogP) is 3.86. The summed E-state index contributed by atoms with van der Waals surface area (Å²) in [4.78, 5) is 13.5. The van der Waals surface area contributed by atoms with Crippen LogP contribution in [0, 0.1) is 0 Å². The number of hydrogen-bond donors (Lipinski definition) is 1. The maximum Gasteiger partial charge on any atom is 0.184 e. The molecule has 114 valence electrons. The fourth-order valence-electron chi connectivity index (χ4n) is 3.18. The summed E-state index contributed by atoms with van der Waals surface area (Å²) in [6.45, 7) is 0. The predicted molar refractivity (Wildman–Crippen MR) is 92.8 cm³/mol. The van der Waals surface area contributed by atoms with Gasteiger partial charge in [0.1, 0.15) is 5.52 Å². The number of benzene rings is 1. The molecule has 3 heterocycles. The Hall–Kier alpha value is -2.47. The first-order valence-electron chi connectivity index (χ1n) is 7.76. The van der Waals surface area contributed by atoms with E-state index in [1.165, 1.54) is 4.70 Å². The van der Waals surface area contributed by atoms with Gasteiger partial charge in [0.05, 0.1) is 16.5 Å². The van der Waals surface area contributed by atoms with Gasteiger partial charge in [-0.15, -0.1) is 0 Å². The van der Waals surface area contributed by atoms with Crippen LogP contribution in [0.15, 0.2) is 48.9 Å². The number of hydrogen-bond acceptors (Lipinski definition) is 5. The van der Waals surface area contributed by atoms with Crippen LogP contribution >= 0.6 is 11.3 Å². The van der Waals surface area contributed by atoms with E-state index in [0.29, 0.717) is 12.1 Å². The molecule has 5 nitrogen and oxygen atoms in total. The van der Waals surface area contributed by atoms with Crippen molar-refractivity contribution in [2.45, 2.75) is 24.9 Å². The van der Waals surface area contributed by atoms with E-state index in [2.05, 4.69) is 43.0 Å². The van der Waals surface area contributed by atoms with Gasteiger partial charge >= 0.3 is 0 Å². The van der Waals surface area contributed by atoms with Crippen LogP contribution in [-0.4, -0.2) is 25.6 Å². The van der Waals surface area contributed by atoms with E-state index in [4.69, 9.17) is 0 Å². The first kappa shape index (κ1) is 13.0. The number of pyridine rings is 1. The molecule has 0 saturated heterocycles. The molecular weight excluding hydrogens is 306 g/mol. The van der Waals surface area contributed by atoms with Crippen LogP contribution < -0.4 is 5.32 Å². The first-order chi connectivity index (χ1) is 11.4. The highest BCUT2D eigenvalue weighted by Gasteiger charge is 2.32. The van der Waals surface area contributed by atoms with Crippen LogP contribution in [0.4, 0.5) is 5.13 Å². The van der Waals surface area contributed by atoms with Crippen molar-refractivity contribution in [2.24, 2.45) is 0 Å². The Morgan fingerprint density at radius 2 is 1.91 bits per heavy atom. The monoisotopic (exact) mass is 321 g/mol. The number of rotatable bonds is 3. The van der Waals surface area contributed by atoms with E-state index in [0.717, 1.165) is 34.7 Å². The molecule has 1 aliphatic carbocycles. The van der Waals surface area contributed by atoms with Crippen molar-refractivity contribution in [1.29, 1.82) is 0 Å². The second-order valence-electron chi connectivity index (χ2n) is 5.95. The maximum absolute atomic E-state index is 4.65. The molecule has 1 aromatic carbocycles. The van der Waals surface area contributed by atoms with Crippen molar-refractivity contribution >= 4 is 37.8 Å². The summed E-state index contributed by atoms with van der Waals surface area (Å²) < 4.78 is 3.43. The van der Waals surface area contributed by atoms with E-state index >= 15 is 0 Å². The Balaban J connectivity index is 1.31. The molecule has 1 saturated carbocycles. The molecule has 0 spiro atoms. The highest BCUT2D eigenvalue weighted by Crippen LogP contribution is 2.37. The zero-order chi connectivity index (χ0) is 15.2. The van der Waals surface area contributed by atoms with Gasteiger partial charge in [-0.3, -0.25) is 0 Å². The van der Waals surface area contributed by atoms with Crippen LogP contribution in [0.3, 0.4) is 0 Å². The van der Waals surface area contributed by atoms with Gasteiger partial charge < -0.3 is 9.88 Å². The van der Waals surface area contributed by atoms with E-state index in [-0.39, 0.29) is 0 Å². The number of para-hydroxylation sites is 1. The van der Waals surface area contributed by atoms with Gasteiger partial charge in [-0.25, -0.2) is 15.0 Å². The quantitative estimate of drug-likeness (QED) is 0.622. The lowest BCUT2D eigenvalue weighted by Gasteiger charge is -2.36. The summed E-state index contributed by atoms with van der Waals surface area (Å²) in [6.07, 6.45) is 5.90. The van der Waals surface area contributed by atoms with Crippen molar-refractivity contribution in [1.82, 2.24) is 19.5 Å². The Bertz CT molecular complexity index is 950. The molecule has 6 heteroatoms. The number of nitrogens with zero attached hydrogens (tertiary/aromatic N) is 4. The second kappa shape index (κ2) is 5.03. The Labute approximate surface area is 137 Å². The summed E-state index contributed by atoms with van der Waals surface area (Å²) in [6, 6.07) is 13.1. The summed E-state index contributed by atoms with van der Waals surface area (Å²) in [5, 5.41) is 4.58. The van der Waals surface area contributed by atoms with Crippen molar-refractivity contribution < 1.29 is 0 Å². The van der Waals surface area contributed by atoms with Crippen LogP contribution in [0.5, 0.6) is 0 Å². The van der Waals surface area contributed by atoms with Crippen LogP contribution in [0.25, 0.3) is 21.4 Å². The normalized spacial score (nSPS) is 20.7. The van der Waals surface area contributed by atoms with Crippen molar-refractivity contribution in [2.75, 3.05) is 5.32 Å². The average Bonchev–Trinajstić information content (AvgIpc) is 3.14. The van der Waals surface area contributed by atoms with Crippen LogP contribution in [0.1, 0.15) is 18.9 Å². The lowest BCUT2D eigenvalue weighted by atomic mass is 9.86. The minimum atomic E-state index is 0.474. The smallest absolute Gasteiger partial charge is 0.184 e. The molecule has 0 bridgehead atoms. The Morgan fingerprint density at radius 3 is 2.83 bits per heavy atom. The molecule has 1 aliphatic rings. The minimum absolute atomic E-state index is 0.474. The highest BCUT2D eigenvalue weighted by molar-refractivity contribution is 7.22.